The summed E-state index contributed by atoms with van der Waals surface area (Å²) in [4.78, 5) is 12.4. The molecule has 0 amide bonds. The molecular weight excluding hydrogens is 247 g/mol. The maximum absolute atomic E-state index is 12.6. The van der Waals surface area contributed by atoms with Crippen LogP contribution in [-0.4, -0.2) is 41.3 Å². The molecule has 0 aromatic rings. The summed E-state index contributed by atoms with van der Waals surface area (Å²) in [5.41, 5.74) is 0. The third-order valence-electron chi connectivity index (χ3n) is 3.61. The number of halogens is 3. The number of carboxylic acid groups (broad SMARTS) is 1. The number of hydrogen-bond donors (Lipinski definition) is 1. The molecule has 18 heavy (non-hydrogen) atoms. The maximum Gasteiger partial charge on any atom is 0.403 e. The zero-order valence-corrected chi connectivity index (χ0v) is 10.5. The summed E-state index contributed by atoms with van der Waals surface area (Å²) in [6, 6.07) is 0.105. The first-order valence-corrected chi connectivity index (χ1v) is 6.39. The summed E-state index contributed by atoms with van der Waals surface area (Å²) in [6.07, 6.45) is 0.232. The minimum atomic E-state index is -4.67. The fraction of sp³-hybridized carbons (Fsp3) is 0.917. The van der Waals surface area contributed by atoms with Gasteiger partial charge in [-0.1, -0.05) is 26.2 Å². The molecule has 1 saturated carbocycles. The molecule has 1 aliphatic carbocycles. The lowest BCUT2D eigenvalue weighted by molar-refractivity contribution is -0.197. The van der Waals surface area contributed by atoms with Gasteiger partial charge in [0.05, 0.1) is 0 Å². The van der Waals surface area contributed by atoms with Crippen LogP contribution in [0.1, 0.15) is 39.0 Å². The molecule has 3 nitrogen and oxygen atoms in total. The molecule has 1 N–H and O–H groups in total. The summed E-state index contributed by atoms with van der Waals surface area (Å²) < 4.78 is 37.9. The SMILES string of the molecule is CCN(CC(C(=O)O)C(F)(F)F)C1CCCCC1. The van der Waals surface area contributed by atoms with E-state index in [4.69, 9.17) is 5.11 Å². The van der Waals surface area contributed by atoms with Crippen LogP contribution in [0.3, 0.4) is 0 Å². The lowest BCUT2D eigenvalue weighted by Gasteiger charge is -2.35. The van der Waals surface area contributed by atoms with E-state index in [2.05, 4.69) is 0 Å². The summed E-state index contributed by atoms with van der Waals surface area (Å²) in [7, 11) is 0. The zero-order valence-electron chi connectivity index (χ0n) is 10.5. The molecule has 0 saturated heterocycles. The summed E-state index contributed by atoms with van der Waals surface area (Å²) in [6.45, 7) is 1.81. The largest absolute Gasteiger partial charge is 0.481 e. The molecular formula is C12H20F3NO2. The average Bonchev–Trinajstić information content (AvgIpc) is 2.29. The van der Waals surface area contributed by atoms with E-state index < -0.39 is 24.6 Å². The first-order chi connectivity index (χ1) is 8.36. The van der Waals surface area contributed by atoms with Gasteiger partial charge < -0.3 is 5.11 Å². The number of nitrogens with zero attached hydrogens (tertiary/aromatic N) is 1. The normalized spacial score (nSPS) is 20.1. The quantitative estimate of drug-likeness (QED) is 0.832. The van der Waals surface area contributed by atoms with E-state index in [-0.39, 0.29) is 6.04 Å². The van der Waals surface area contributed by atoms with Crippen LogP contribution in [-0.2, 0) is 4.79 Å². The van der Waals surface area contributed by atoms with Crippen molar-refractivity contribution in [3.63, 3.8) is 0 Å². The Morgan fingerprint density at radius 2 is 1.89 bits per heavy atom. The van der Waals surface area contributed by atoms with Crippen molar-refractivity contribution in [1.82, 2.24) is 4.90 Å². The van der Waals surface area contributed by atoms with Gasteiger partial charge in [0.1, 0.15) is 0 Å². The van der Waals surface area contributed by atoms with E-state index in [1.807, 2.05) is 0 Å². The molecule has 106 valence electrons. The minimum absolute atomic E-state index is 0.105. The van der Waals surface area contributed by atoms with Crippen LogP contribution in [0.2, 0.25) is 0 Å². The molecule has 1 fully saturated rings. The standard InChI is InChI=1S/C12H20F3NO2/c1-2-16(9-6-4-3-5-7-9)8-10(11(17)18)12(13,14)15/h9-10H,2-8H2,1H3,(H,17,18). The Labute approximate surface area is 105 Å². The number of aliphatic carboxylic acids is 1. The minimum Gasteiger partial charge on any atom is -0.481 e. The van der Waals surface area contributed by atoms with Gasteiger partial charge in [-0.2, -0.15) is 13.2 Å². The zero-order chi connectivity index (χ0) is 13.8. The van der Waals surface area contributed by atoms with E-state index in [1.165, 1.54) is 0 Å². The Morgan fingerprint density at radius 3 is 2.28 bits per heavy atom. The van der Waals surface area contributed by atoms with Gasteiger partial charge in [-0.3, -0.25) is 9.69 Å². The smallest absolute Gasteiger partial charge is 0.403 e. The molecule has 6 heteroatoms. The molecule has 0 aromatic carbocycles. The Bertz CT molecular complexity index is 275. The summed E-state index contributed by atoms with van der Waals surface area (Å²) in [5.74, 6) is -4.06. The first kappa shape index (κ1) is 15.3. The van der Waals surface area contributed by atoms with E-state index in [9.17, 15) is 18.0 Å². The molecule has 0 aliphatic heterocycles. The highest BCUT2D eigenvalue weighted by atomic mass is 19.4. The van der Waals surface area contributed by atoms with Crippen molar-refractivity contribution in [3.8, 4) is 0 Å². The van der Waals surface area contributed by atoms with Crippen molar-refractivity contribution < 1.29 is 23.1 Å². The van der Waals surface area contributed by atoms with Gasteiger partial charge in [-0.15, -0.1) is 0 Å². The fourth-order valence-corrected chi connectivity index (χ4v) is 2.54. The molecule has 0 aromatic heterocycles. The highest BCUT2D eigenvalue weighted by molar-refractivity contribution is 5.71. The maximum atomic E-state index is 12.6. The van der Waals surface area contributed by atoms with Gasteiger partial charge in [0.2, 0.25) is 0 Å². The number of rotatable bonds is 5. The number of alkyl halides is 3. The van der Waals surface area contributed by atoms with Crippen molar-refractivity contribution in [1.29, 1.82) is 0 Å². The van der Waals surface area contributed by atoms with Crippen molar-refractivity contribution in [2.24, 2.45) is 5.92 Å². The van der Waals surface area contributed by atoms with Crippen LogP contribution in [0, 0.1) is 5.92 Å². The molecule has 1 rings (SSSR count). The number of carbonyl (C=O) groups is 1. The molecule has 0 spiro atoms. The second kappa shape index (κ2) is 6.41. The molecule has 1 atom stereocenters. The van der Waals surface area contributed by atoms with Crippen LogP contribution in [0.4, 0.5) is 13.2 Å². The van der Waals surface area contributed by atoms with Crippen molar-refractivity contribution in [3.05, 3.63) is 0 Å². The lowest BCUT2D eigenvalue weighted by Crippen LogP contribution is -2.46. The first-order valence-electron chi connectivity index (χ1n) is 6.39. The van der Waals surface area contributed by atoms with Gasteiger partial charge in [0.25, 0.3) is 0 Å². The second-order valence-electron chi connectivity index (χ2n) is 4.81. The number of carboxylic acids is 1. The third kappa shape index (κ3) is 4.15. The second-order valence-corrected chi connectivity index (χ2v) is 4.81. The monoisotopic (exact) mass is 267 g/mol. The Kier molecular flexibility index (Phi) is 5.44. The molecule has 0 radical (unpaired) electrons. The topological polar surface area (TPSA) is 40.5 Å². The Balaban J connectivity index is 2.67. The van der Waals surface area contributed by atoms with Gasteiger partial charge >= 0.3 is 12.1 Å². The predicted molar refractivity (Wildman–Crippen MR) is 61.3 cm³/mol. The molecule has 1 unspecified atom stereocenters. The van der Waals surface area contributed by atoms with Crippen LogP contribution >= 0.6 is 0 Å². The number of hydrogen-bond acceptors (Lipinski definition) is 2. The van der Waals surface area contributed by atoms with E-state index in [1.54, 1.807) is 11.8 Å². The van der Waals surface area contributed by atoms with Crippen LogP contribution < -0.4 is 0 Å². The van der Waals surface area contributed by atoms with E-state index >= 15 is 0 Å². The third-order valence-corrected chi connectivity index (χ3v) is 3.61. The van der Waals surface area contributed by atoms with E-state index in [0.717, 1.165) is 32.1 Å². The van der Waals surface area contributed by atoms with Crippen LogP contribution in [0.25, 0.3) is 0 Å². The van der Waals surface area contributed by atoms with Crippen LogP contribution in [0.5, 0.6) is 0 Å². The Hall–Kier alpha value is -0.780. The van der Waals surface area contributed by atoms with Crippen molar-refractivity contribution >= 4 is 5.97 Å². The predicted octanol–water partition coefficient (Wildman–Crippen LogP) is 2.90. The highest BCUT2D eigenvalue weighted by Crippen LogP contribution is 2.30. The Morgan fingerprint density at radius 1 is 1.33 bits per heavy atom. The van der Waals surface area contributed by atoms with Gasteiger partial charge in [0.15, 0.2) is 5.92 Å². The summed E-state index contributed by atoms with van der Waals surface area (Å²) in [5, 5.41) is 8.70. The van der Waals surface area contributed by atoms with Gasteiger partial charge in [0, 0.05) is 12.6 Å². The highest BCUT2D eigenvalue weighted by Gasteiger charge is 2.46. The van der Waals surface area contributed by atoms with Gasteiger partial charge in [-0.05, 0) is 19.4 Å². The average molecular weight is 267 g/mol. The van der Waals surface area contributed by atoms with Crippen LogP contribution in [0.15, 0.2) is 0 Å². The van der Waals surface area contributed by atoms with Crippen molar-refractivity contribution in [2.45, 2.75) is 51.2 Å². The van der Waals surface area contributed by atoms with E-state index in [0.29, 0.717) is 6.54 Å². The molecule has 1 aliphatic rings. The molecule has 0 bridgehead atoms. The lowest BCUT2D eigenvalue weighted by atomic mass is 9.93. The van der Waals surface area contributed by atoms with Gasteiger partial charge in [-0.25, -0.2) is 0 Å². The van der Waals surface area contributed by atoms with Crippen molar-refractivity contribution in [2.75, 3.05) is 13.1 Å². The fourth-order valence-electron chi connectivity index (χ4n) is 2.54. The summed E-state index contributed by atoms with van der Waals surface area (Å²) >= 11 is 0. The molecule has 0 heterocycles.